The zero-order chi connectivity index (χ0) is 31.6. The van der Waals surface area contributed by atoms with Crippen LogP contribution in [0.3, 0.4) is 0 Å². The lowest BCUT2D eigenvalue weighted by Crippen LogP contribution is -2.66. The molecule has 5 fully saturated rings. The Labute approximate surface area is 259 Å². The lowest BCUT2D eigenvalue weighted by atomic mass is 9.32. The van der Waals surface area contributed by atoms with Crippen LogP contribution in [-0.2, 0) is 9.53 Å². The Morgan fingerprint density at radius 3 is 2.26 bits per heavy atom. The number of para-hydroxylation sites is 1. The largest absolute Gasteiger partial charge is 0.507 e. The van der Waals surface area contributed by atoms with Crippen LogP contribution >= 0.6 is 0 Å². The summed E-state index contributed by atoms with van der Waals surface area (Å²) in [5, 5.41) is 21.3. The van der Waals surface area contributed by atoms with Gasteiger partial charge in [-0.15, -0.1) is 0 Å². The number of aliphatic hydroxyl groups excluding tert-OH is 1. The molecule has 0 bridgehead atoms. The van der Waals surface area contributed by atoms with Crippen molar-refractivity contribution in [2.24, 2.45) is 56.7 Å². The molecule has 0 aliphatic heterocycles. The molecule has 238 valence electrons. The van der Waals surface area contributed by atoms with Crippen LogP contribution in [0.4, 0.5) is 0 Å². The van der Waals surface area contributed by atoms with Crippen molar-refractivity contribution >= 4 is 12.8 Å². The molecule has 2 N–H and O–H groups in total. The molecule has 5 aliphatic rings. The van der Waals surface area contributed by atoms with E-state index in [0.29, 0.717) is 36.2 Å². The lowest BCUT2D eigenvalue weighted by molar-refractivity contribution is -0.249. The number of ether oxygens (including phenoxy) is 1. The quantitative estimate of drug-likeness (QED) is 0.271. The second-order valence-electron chi connectivity index (χ2n) is 16.5. The van der Waals surface area contributed by atoms with Crippen molar-refractivity contribution in [3.8, 4) is 5.75 Å². The fraction of sp³-hybridized carbons (Fsp3) is 0.737. The van der Waals surface area contributed by atoms with Crippen LogP contribution < -0.4 is 0 Å². The number of esters is 1. The number of hydrogen-bond acceptors (Lipinski definition) is 5. The molecular formula is C38H56O5. The van der Waals surface area contributed by atoms with Gasteiger partial charge in [0.2, 0.25) is 0 Å². The molecule has 5 saturated carbocycles. The van der Waals surface area contributed by atoms with E-state index < -0.39 is 5.97 Å². The van der Waals surface area contributed by atoms with Gasteiger partial charge in [0.15, 0.2) is 0 Å². The Hall–Kier alpha value is -2.14. The Morgan fingerprint density at radius 1 is 0.884 bits per heavy atom. The number of benzene rings is 1. The number of carbonyl (C=O) groups is 2. The summed E-state index contributed by atoms with van der Waals surface area (Å²) in [5.41, 5.74) is 2.28. The van der Waals surface area contributed by atoms with Crippen molar-refractivity contribution in [2.75, 3.05) is 6.61 Å². The van der Waals surface area contributed by atoms with E-state index in [0.717, 1.165) is 32.1 Å². The first kappa shape index (κ1) is 32.3. The molecule has 0 amide bonds. The van der Waals surface area contributed by atoms with Gasteiger partial charge in [0.25, 0.3) is 0 Å². The van der Waals surface area contributed by atoms with E-state index in [9.17, 15) is 15.0 Å². The molecule has 10 unspecified atom stereocenters. The Kier molecular flexibility index (Phi) is 8.28. The Morgan fingerprint density at radius 2 is 1.58 bits per heavy atom. The maximum absolute atomic E-state index is 13.1. The molecule has 0 aromatic heterocycles. The summed E-state index contributed by atoms with van der Waals surface area (Å²) in [6.45, 7) is 21.7. The van der Waals surface area contributed by atoms with Crippen molar-refractivity contribution in [2.45, 2.75) is 112 Å². The molecule has 43 heavy (non-hydrogen) atoms. The van der Waals surface area contributed by atoms with Crippen LogP contribution in [-0.4, -0.2) is 35.7 Å². The number of fused-ring (bicyclic) bond motifs is 7. The zero-order valence-corrected chi connectivity index (χ0v) is 27.6. The molecular weight excluding hydrogens is 536 g/mol. The standard InChI is InChI=1S/C37H54O4.CH2O/c1-23(2)24-14-19-37(22-41-32(40)25-10-8-9-11-27(25)38)21-20-35(6)26(31(24)37)12-13-29-34(5)17-16-30(39)33(3,4)28(34)15-18-36(29,35)7;1-2/h8-11,24,26,28-31,38-39H,1,12-22H2,2-7H3;1H2. The molecule has 5 nitrogen and oxygen atoms in total. The second kappa shape index (κ2) is 11.0. The summed E-state index contributed by atoms with van der Waals surface area (Å²) in [5.74, 6) is 2.37. The number of aromatic hydroxyl groups is 1. The van der Waals surface area contributed by atoms with E-state index in [1.165, 1.54) is 37.7 Å². The van der Waals surface area contributed by atoms with E-state index >= 15 is 0 Å². The number of phenolic OH excluding ortho intramolecular Hbond substituents is 1. The van der Waals surface area contributed by atoms with E-state index in [4.69, 9.17) is 9.53 Å². The molecule has 5 heteroatoms. The molecule has 5 aliphatic carbocycles. The zero-order valence-electron chi connectivity index (χ0n) is 27.6. The first-order valence-corrected chi connectivity index (χ1v) is 16.8. The highest BCUT2D eigenvalue weighted by Crippen LogP contribution is 2.77. The summed E-state index contributed by atoms with van der Waals surface area (Å²) in [7, 11) is 0. The fourth-order valence-electron chi connectivity index (χ4n) is 12.5. The highest BCUT2D eigenvalue weighted by atomic mass is 16.5. The van der Waals surface area contributed by atoms with Crippen LogP contribution in [0.25, 0.3) is 0 Å². The Bertz CT molecular complexity index is 1240. The van der Waals surface area contributed by atoms with Crippen molar-refractivity contribution in [1.29, 1.82) is 0 Å². The third kappa shape index (κ3) is 4.57. The topological polar surface area (TPSA) is 83.8 Å². The van der Waals surface area contributed by atoms with Crippen LogP contribution in [0.15, 0.2) is 36.4 Å². The van der Waals surface area contributed by atoms with Crippen LogP contribution in [0, 0.1) is 56.7 Å². The van der Waals surface area contributed by atoms with E-state index in [1.807, 2.05) is 6.79 Å². The predicted molar refractivity (Wildman–Crippen MR) is 170 cm³/mol. The van der Waals surface area contributed by atoms with Gasteiger partial charge in [-0.3, -0.25) is 0 Å². The fourth-order valence-corrected chi connectivity index (χ4v) is 12.5. The number of rotatable bonds is 4. The molecule has 0 radical (unpaired) electrons. The summed E-state index contributed by atoms with van der Waals surface area (Å²) >= 11 is 0. The monoisotopic (exact) mass is 592 g/mol. The van der Waals surface area contributed by atoms with E-state index in [-0.39, 0.29) is 44.5 Å². The first-order chi connectivity index (χ1) is 20.2. The lowest BCUT2D eigenvalue weighted by Gasteiger charge is -2.73. The second-order valence-corrected chi connectivity index (χ2v) is 16.5. The third-order valence-electron chi connectivity index (χ3n) is 14.8. The summed E-state index contributed by atoms with van der Waals surface area (Å²) < 4.78 is 6.09. The van der Waals surface area contributed by atoms with Crippen LogP contribution in [0.5, 0.6) is 5.75 Å². The first-order valence-electron chi connectivity index (χ1n) is 16.8. The van der Waals surface area contributed by atoms with Gasteiger partial charge in [-0.2, -0.15) is 0 Å². The van der Waals surface area contributed by atoms with Gasteiger partial charge in [0.1, 0.15) is 18.1 Å². The van der Waals surface area contributed by atoms with Gasteiger partial charge in [0.05, 0.1) is 12.7 Å². The van der Waals surface area contributed by atoms with Gasteiger partial charge >= 0.3 is 5.97 Å². The number of phenols is 1. The minimum atomic E-state index is -0.410. The Balaban J connectivity index is 0.00000180. The normalized spacial score (nSPS) is 44.3. The number of hydrogen-bond donors (Lipinski definition) is 2. The smallest absolute Gasteiger partial charge is 0.341 e. The maximum atomic E-state index is 13.1. The summed E-state index contributed by atoms with van der Waals surface area (Å²) in [6, 6.07) is 6.72. The van der Waals surface area contributed by atoms with Gasteiger partial charge < -0.3 is 19.7 Å². The molecule has 10 atom stereocenters. The number of aliphatic hydroxyl groups is 1. The molecule has 0 heterocycles. The highest BCUT2D eigenvalue weighted by Gasteiger charge is 2.71. The third-order valence-corrected chi connectivity index (χ3v) is 14.8. The average molecular weight is 593 g/mol. The van der Waals surface area contributed by atoms with Crippen LogP contribution in [0.1, 0.15) is 116 Å². The van der Waals surface area contributed by atoms with E-state index in [2.05, 4.69) is 48.1 Å². The predicted octanol–water partition coefficient (Wildman–Crippen LogP) is 8.38. The summed E-state index contributed by atoms with van der Waals surface area (Å²) in [4.78, 5) is 21.1. The van der Waals surface area contributed by atoms with Gasteiger partial charge in [-0.1, -0.05) is 58.9 Å². The highest BCUT2D eigenvalue weighted by molar-refractivity contribution is 5.92. The molecule has 6 rings (SSSR count). The SMILES string of the molecule is C=C(C)C1CCC2(COC(=O)c3ccccc3O)CCC3(C)C(CCC4C5(C)CCC(O)C(C)(C)C5CCC43C)C12.C=O. The summed E-state index contributed by atoms with van der Waals surface area (Å²) in [6.07, 6.45) is 11.4. The molecule has 0 spiro atoms. The average Bonchev–Trinajstić information content (AvgIpc) is 3.36. The minimum absolute atomic E-state index is 0.0113. The number of carbonyl (C=O) groups excluding carboxylic acids is 2. The van der Waals surface area contributed by atoms with Gasteiger partial charge in [-0.25, -0.2) is 4.79 Å². The van der Waals surface area contributed by atoms with Crippen molar-refractivity contribution in [1.82, 2.24) is 0 Å². The molecule has 0 saturated heterocycles. The van der Waals surface area contributed by atoms with Crippen molar-refractivity contribution in [3.05, 3.63) is 42.0 Å². The van der Waals surface area contributed by atoms with E-state index in [1.54, 1.807) is 24.3 Å². The number of allylic oxidation sites excluding steroid dienone is 1. The maximum Gasteiger partial charge on any atom is 0.341 e. The van der Waals surface area contributed by atoms with Crippen molar-refractivity contribution < 1.29 is 24.5 Å². The molecule has 1 aromatic carbocycles. The van der Waals surface area contributed by atoms with Gasteiger partial charge in [-0.05, 0) is 135 Å². The minimum Gasteiger partial charge on any atom is -0.507 e. The molecule has 1 aromatic rings. The van der Waals surface area contributed by atoms with Crippen molar-refractivity contribution in [3.63, 3.8) is 0 Å². The van der Waals surface area contributed by atoms with Crippen LogP contribution in [0.2, 0.25) is 0 Å². The van der Waals surface area contributed by atoms with Gasteiger partial charge in [0, 0.05) is 5.41 Å².